The first-order valence-electron chi connectivity index (χ1n) is 10.3. The van der Waals surface area contributed by atoms with Crippen molar-refractivity contribution in [2.45, 2.75) is 63.9 Å². The van der Waals surface area contributed by atoms with Crippen molar-refractivity contribution < 1.29 is 4.79 Å². The van der Waals surface area contributed by atoms with E-state index in [-0.39, 0.29) is 18.0 Å². The molecular formula is C23H28N4OS. The molecule has 1 amide bonds. The lowest BCUT2D eigenvalue weighted by Crippen LogP contribution is -2.30. The number of thioether (sulfide) groups is 1. The van der Waals surface area contributed by atoms with E-state index in [9.17, 15) is 4.79 Å². The first kappa shape index (κ1) is 20.0. The van der Waals surface area contributed by atoms with Gasteiger partial charge in [-0.25, -0.2) is 9.67 Å². The number of amides is 1. The van der Waals surface area contributed by atoms with Crippen molar-refractivity contribution in [2.24, 2.45) is 0 Å². The summed E-state index contributed by atoms with van der Waals surface area (Å²) >= 11 is 1.87. The van der Waals surface area contributed by atoms with E-state index in [1.54, 1.807) is 0 Å². The Morgan fingerprint density at radius 1 is 1.31 bits per heavy atom. The van der Waals surface area contributed by atoms with Gasteiger partial charge in [-0.3, -0.25) is 4.79 Å². The Morgan fingerprint density at radius 3 is 2.90 bits per heavy atom. The lowest BCUT2D eigenvalue weighted by atomic mass is 9.99. The summed E-state index contributed by atoms with van der Waals surface area (Å²) in [6, 6.07) is 8.77. The monoisotopic (exact) mass is 408 g/mol. The van der Waals surface area contributed by atoms with Gasteiger partial charge in [0.1, 0.15) is 0 Å². The van der Waals surface area contributed by atoms with Crippen LogP contribution in [0.2, 0.25) is 0 Å². The third kappa shape index (κ3) is 3.90. The van der Waals surface area contributed by atoms with Crippen molar-refractivity contribution in [1.82, 2.24) is 20.1 Å². The van der Waals surface area contributed by atoms with Gasteiger partial charge in [-0.1, -0.05) is 18.2 Å². The molecule has 1 atom stereocenters. The van der Waals surface area contributed by atoms with Gasteiger partial charge in [0.05, 0.1) is 12.2 Å². The average molecular weight is 409 g/mol. The Hall–Kier alpha value is -2.34. The van der Waals surface area contributed by atoms with Gasteiger partial charge in [0, 0.05) is 34.2 Å². The number of benzene rings is 1. The molecule has 1 aliphatic rings. The van der Waals surface area contributed by atoms with Crippen LogP contribution in [0.15, 0.2) is 35.4 Å². The normalized spacial score (nSPS) is 16.2. The van der Waals surface area contributed by atoms with Crippen molar-refractivity contribution in [2.75, 3.05) is 5.75 Å². The van der Waals surface area contributed by atoms with Crippen molar-refractivity contribution in [1.29, 1.82) is 0 Å². The minimum Gasteiger partial charge on any atom is -0.349 e. The Bertz CT molecular complexity index is 1060. The molecule has 0 fully saturated rings. The minimum atomic E-state index is 0.105. The zero-order chi connectivity index (χ0) is 20.5. The number of carbonyl (C=O) groups is 1. The van der Waals surface area contributed by atoms with E-state index in [0.29, 0.717) is 12.8 Å². The van der Waals surface area contributed by atoms with Crippen LogP contribution < -0.4 is 5.32 Å². The molecule has 152 valence electrons. The second-order valence-electron chi connectivity index (χ2n) is 8.02. The van der Waals surface area contributed by atoms with Crippen molar-refractivity contribution in [3.8, 4) is 0 Å². The van der Waals surface area contributed by atoms with E-state index >= 15 is 0 Å². The van der Waals surface area contributed by atoms with Crippen molar-refractivity contribution in [3.05, 3.63) is 52.8 Å². The largest absolute Gasteiger partial charge is 0.349 e. The van der Waals surface area contributed by atoms with Crippen LogP contribution in [0.3, 0.4) is 0 Å². The number of carbonyl (C=O) groups excluding carboxylic acids is 1. The number of aromatic nitrogens is 3. The number of nitrogens with zero attached hydrogens (tertiary/aromatic N) is 3. The molecule has 0 radical (unpaired) electrons. The molecule has 5 nitrogen and oxygen atoms in total. The molecule has 3 aromatic rings. The number of pyridine rings is 1. The highest BCUT2D eigenvalue weighted by Gasteiger charge is 2.22. The van der Waals surface area contributed by atoms with Crippen LogP contribution >= 0.6 is 11.8 Å². The molecule has 0 aliphatic carbocycles. The first-order chi connectivity index (χ1) is 14.0. The van der Waals surface area contributed by atoms with Gasteiger partial charge in [0.15, 0.2) is 5.65 Å². The maximum Gasteiger partial charge on any atom is 0.220 e. The Balaban J connectivity index is 1.48. The molecule has 0 unspecified atom stereocenters. The lowest BCUT2D eigenvalue weighted by molar-refractivity contribution is -0.121. The van der Waals surface area contributed by atoms with Gasteiger partial charge in [-0.15, -0.1) is 11.8 Å². The van der Waals surface area contributed by atoms with Crippen LogP contribution in [-0.4, -0.2) is 26.4 Å². The second-order valence-corrected chi connectivity index (χ2v) is 9.15. The highest BCUT2D eigenvalue weighted by molar-refractivity contribution is 7.99. The maximum absolute atomic E-state index is 12.7. The standard InChI is InChI=1S/C23H28N4OS/c1-14(2)27-23-19(13-24-27)15(3)17(16(4)25-23)9-10-22(28)26-20-11-12-29-21-8-6-5-7-18(20)21/h5-8,13-14,20H,9-12H2,1-4H3,(H,26,28)/t20-/m1/s1. The number of hydrogen-bond acceptors (Lipinski definition) is 4. The fourth-order valence-corrected chi connectivity index (χ4v) is 5.26. The number of fused-ring (bicyclic) bond motifs is 2. The molecule has 0 bridgehead atoms. The van der Waals surface area contributed by atoms with E-state index in [0.717, 1.165) is 34.5 Å². The van der Waals surface area contributed by atoms with Crippen LogP contribution in [0, 0.1) is 13.8 Å². The summed E-state index contributed by atoms with van der Waals surface area (Å²) in [7, 11) is 0. The van der Waals surface area contributed by atoms with Crippen molar-refractivity contribution >= 4 is 28.7 Å². The summed E-state index contributed by atoms with van der Waals surface area (Å²) in [5, 5.41) is 8.84. The summed E-state index contributed by atoms with van der Waals surface area (Å²) in [4.78, 5) is 18.8. The molecule has 2 aromatic heterocycles. The molecule has 0 saturated carbocycles. The summed E-state index contributed by atoms with van der Waals surface area (Å²) in [5.41, 5.74) is 5.51. The van der Waals surface area contributed by atoms with E-state index in [4.69, 9.17) is 4.98 Å². The fourth-order valence-electron chi connectivity index (χ4n) is 4.14. The molecule has 1 aromatic carbocycles. The van der Waals surface area contributed by atoms with Crippen LogP contribution in [0.4, 0.5) is 0 Å². The van der Waals surface area contributed by atoms with E-state index < -0.39 is 0 Å². The minimum absolute atomic E-state index is 0.105. The van der Waals surface area contributed by atoms with Gasteiger partial charge in [0.25, 0.3) is 0 Å². The molecule has 4 rings (SSSR count). The van der Waals surface area contributed by atoms with Crippen LogP contribution in [0.5, 0.6) is 0 Å². The van der Waals surface area contributed by atoms with E-state index in [2.05, 4.69) is 55.5 Å². The highest BCUT2D eigenvalue weighted by atomic mass is 32.2. The molecule has 6 heteroatoms. The van der Waals surface area contributed by atoms with Crippen molar-refractivity contribution in [3.63, 3.8) is 0 Å². The fraction of sp³-hybridized carbons (Fsp3) is 0.435. The summed E-state index contributed by atoms with van der Waals surface area (Å²) < 4.78 is 1.96. The molecule has 3 heterocycles. The molecule has 1 aliphatic heterocycles. The Morgan fingerprint density at radius 2 is 2.10 bits per heavy atom. The quantitative estimate of drug-likeness (QED) is 0.651. The number of hydrogen-bond donors (Lipinski definition) is 1. The van der Waals surface area contributed by atoms with Crippen LogP contribution in [0.25, 0.3) is 11.0 Å². The lowest BCUT2D eigenvalue weighted by Gasteiger charge is -2.26. The first-order valence-corrected chi connectivity index (χ1v) is 11.3. The predicted molar refractivity (Wildman–Crippen MR) is 118 cm³/mol. The topological polar surface area (TPSA) is 59.8 Å². The zero-order valence-electron chi connectivity index (χ0n) is 17.5. The van der Waals surface area contributed by atoms with Crippen LogP contribution in [-0.2, 0) is 11.2 Å². The van der Waals surface area contributed by atoms with Gasteiger partial charge < -0.3 is 5.32 Å². The average Bonchev–Trinajstić information content (AvgIpc) is 3.12. The zero-order valence-corrected chi connectivity index (χ0v) is 18.3. The number of nitrogens with one attached hydrogen (secondary N) is 1. The highest BCUT2D eigenvalue weighted by Crippen LogP contribution is 2.35. The number of rotatable bonds is 5. The van der Waals surface area contributed by atoms with Gasteiger partial charge in [-0.2, -0.15) is 5.10 Å². The van der Waals surface area contributed by atoms with Gasteiger partial charge in [0.2, 0.25) is 5.91 Å². The van der Waals surface area contributed by atoms with Gasteiger partial charge >= 0.3 is 0 Å². The second kappa shape index (κ2) is 8.19. The molecular weight excluding hydrogens is 380 g/mol. The Labute approximate surface area is 176 Å². The predicted octanol–water partition coefficient (Wildman–Crippen LogP) is 4.91. The third-order valence-corrected chi connectivity index (χ3v) is 6.84. The van der Waals surface area contributed by atoms with E-state index in [1.165, 1.54) is 16.0 Å². The summed E-state index contributed by atoms with van der Waals surface area (Å²) in [5.74, 6) is 1.15. The number of aryl methyl sites for hydroxylation is 2. The smallest absolute Gasteiger partial charge is 0.220 e. The molecule has 29 heavy (non-hydrogen) atoms. The van der Waals surface area contributed by atoms with Crippen LogP contribution in [0.1, 0.15) is 61.2 Å². The summed E-state index contributed by atoms with van der Waals surface area (Å²) in [6.45, 7) is 8.37. The maximum atomic E-state index is 12.7. The van der Waals surface area contributed by atoms with Gasteiger partial charge in [-0.05, 0) is 63.3 Å². The SMILES string of the molecule is Cc1nc2c(cnn2C(C)C)c(C)c1CCC(=O)N[C@@H]1CCSc2ccccc21. The van der Waals surface area contributed by atoms with E-state index in [1.807, 2.05) is 29.6 Å². The molecule has 0 spiro atoms. The third-order valence-electron chi connectivity index (χ3n) is 5.72. The Kier molecular flexibility index (Phi) is 5.63. The summed E-state index contributed by atoms with van der Waals surface area (Å²) in [6.07, 6.45) is 4.05. The molecule has 0 saturated heterocycles. The molecule has 1 N–H and O–H groups in total.